The fraction of sp³-hybridized carbons (Fsp3) is 0.704. The molecule has 34 heavy (non-hydrogen) atoms. The van der Waals surface area contributed by atoms with Gasteiger partial charge in [0.15, 0.2) is 0 Å². The molecule has 7 nitrogen and oxygen atoms in total. The molecule has 2 fully saturated rings. The predicted octanol–water partition coefficient (Wildman–Crippen LogP) is 4.37. The molecule has 2 aliphatic rings. The zero-order valence-corrected chi connectivity index (χ0v) is 20.7. The number of piperidine rings is 1. The number of carbonyl (C=O) groups excluding carboxylic acids is 1. The maximum Gasteiger partial charge on any atom is 0.317 e. The van der Waals surface area contributed by atoms with Gasteiger partial charge >= 0.3 is 6.03 Å². The van der Waals surface area contributed by atoms with E-state index in [1.54, 1.807) is 7.11 Å². The number of hydrogen-bond acceptors (Lipinski definition) is 5. The van der Waals surface area contributed by atoms with Gasteiger partial charge < -0.3 is 25.4 Å². The third-order valence-electron chi connectivity index (χ3n) is 7.26. The number of carbonyl (C=O) groups is 1. The molecule has 3 rings (SSSR count). The molecule has 0 spiro atoms. The van der Waals surface area contributed by atoms with Crippen LogP contribution in [0.25, 0.3) is 0 Å². The Kier molecular flexibility index (Phi) is 11.1. The van der Waals surface area contributed by atoms with E-state index in [2.05, 4.69) is 11.4 Å². The number of hydrogen-bond donors (Lipinski definition) is 2. The van der Waals surface area contributed by atoms with Gasteiger partial charge in [-0.15, -0.1) is 0 Å². The van der Waals surface area contributed by atoms with Crippen LogP contribution in [0.3, 0.4) is 0 Å². The Morgan fingerprint density at radius 2 is 2.06 bits per heavy atom. The number of methoxy groups -OCH3 is 1. The maximum absolute atomic E-state index is 13.2. The molecule has 1 aliphatic heterocycles. The summed E-state index contributed by atoms with van der Waals surface area (Å²) >= 11 is 0. The van der Waals surface area contributed by atoms with Crippen LogP contribution in [0.4, 0.5) is 4.79 Å². The predicted molar refractivity (Wildman–Crippen MR) is 133 cm³/mol. The van der Waals surface area contributed by atoms with Crippen molar-refractivity contribution in [2.45, 2.75) is 69.9 Å². The summed E-state index contributed by atoms with van der Waals surface area (Å²) in [6, 6.07) is 9.90. The van der Waals surface area contributed by atoms with Crippen molar-refractivity contribution in [1.82, 2.24) is 10.2 Å². The van der Waals surface area contributed by atoms with Crippen molar-refractivity contribution in [3.05, 3.63) is 35.4 Å². The van der Waals surface area contributed by atoms with Crippen LogP contribution in [0, 0.1) is 23.2 Å². The van der Waals surface area contributed by atoms with Crippen molar-refractivity contribution in [1.29, 1.82) is 5.26 Å². The van der Waals surface area contributed by atoms with Gasteiger partial charge in [0.25, 0.3) is 0 Å². The van der Waals surface area contributed by atoms with Crippen LogP contribution < -0.4 is 11.1 Å². The standard InChI is InChI=1S/C27H42N4O3/c1-33-14-7-15-34-26(23-11-5-10-22(16-23)18-28)24-12-6-13-31(20-24)27(32)30-25(19-29)17-21-8-3-2-4-9-21/h5,10-11,16,21,24-26H,2-4,6-9,12-15,17,19-20,29H2,1H3,(H,30,32)/t24?,25-,26?/m0/s1. The topological polar surface area (TPSA) is 101 Å². The summed E-state index contributed by atoms with van der Waals surface area (Å²) in [6.07, 6.45) is 9.97. The summed E-state index contributed by atoms with van der Waals surface area (Å²) in [7, 11) is 1.69. The molecule has 1 aromatic rings. The van der Waals surface area contributed by atoms with Gasteiger partial charge in [0.1, 0.15) is 0 Å². The Morgan fingerprint density at radius 3 is 2.79 bits per heavy atom. The molecule has 1 aliphatic carbocycles. The fourth-order valence-corrected chi connectivity index (χ4v) is 5.45. The minimum atomic E-state index is -0.159. The number of ether oxygens (including phenoxy) is 2. The molecular weight excluding hydrogens is 428 g/mol. The molecule has 2 unspecified atom stereocenters. The third-order valence-corrected chi connectivity index (χ3v) is 7.26. The molecule has 0 radical (unpaired) electrons. The van der Waals surface area contributed by atoms with E-state index in [1.807, 2.05) is 29.2 Å². The number of nitrogens with zero attached hydrogens (tertiary/aromatic N) is 2. The lowest BCUT2D eigenvalue weighted by Crippen LogP contribution is -2.51. The van der Waals surface area contributed by atoms with E-state index in [1.165, 1.54) is 32.1 Å². The van der Waals surface area contributed by atoms with E-state index in [9.17, 15) is 10.1 Å². The Morgan fingerprint density at radius 1 is 1.24 bits per heavy atom. The number of nitrogens with one attached hydrogen (secondary N) is 1. The molecule has 0 aromatic heterocycles. The summed E-state index contributed by atoms with van der Waals surface area (Å²) in [5.41, 5.74) is 7.66. The van der Waals surface area contributed by atoms with Gasteiger partial charge in [-0.25, -0.2) is 4.79 Å². The first-order valence-corrected chi connectivity index (χ1v) is 13.0. The summed E-state index contributed by atoms with van der Waals surface area (Å²) in [4.78, 5) is 15.1. The average Bonchev–Trinajstić information content (AvgIpc) is 2.89. The highest BCUT2D eigenvalue weighted by Crippen LogP contribution is 2.34. The first kappa shape index (κ1) is 26.5. The highest BCUT2D eigenvalue weighted by Gasteiger charge is 2.32. The van der Waals surface area contributed by atoms with Crippen LogP contribution in [0.2, 0.25) is 0 Å². The Labute approximate surface area is 205 Å². The van der Waals surface area contributed by atoms with Crippen molar-refractivity contribution >= 4 is 6.03 Å². The van der Waals surface area contributed by atoms with Gasteiger partial charge in [-0.05, 0) is 49.3 Å². The molecule has 1 heterocycles. The first-order chi connectivity index (χ1) is 16.6. The molecule has 1 aromatic carbocycles. The lowest BCUT2D eigenvalue weighted by atomic mass is 9.85. The van der Waals surface area contributed by atoms with Gasteiger partial charge in [0.2, 0.25) is 0 Å². The first-order valence-electron chi connectivity index (χ1n) is 13.0. The van der Waals surface area contributed by atoms with Gasteiger partial charge in [-0.2, -0.15) is 5.26 Å². The second-order valence-corrected chi connectivity index (χ2v) is 9.85. The SMILES string of the molecule is COCCCOC(c1cccc(C#N)c1)C1CCCN(C(=O)N[C@H](CN)CC2CCCCC2)C1. The Bertz CT molecular complexity index is 790. The van der Waals surface area contributed by atoms with Crippen molar-refractivity contribution in [2.24, 2.45) is 17.6 Å². The molecule has 0 bridgehead atoms. The van der Waals surface area contributed by atoms with E-state index >= 15 is 0 Å². The van der Waals surface area contributed by atoms with E-state index in [4.69, 9.17) is 15.2 Å². The molecular formula is C27H42N4O3. The minimum Gasteiger partial charge on any atom is -0.385 e. The molecule has 1 saturated heterocycles. The minimum absolute atomic E-state index is 0.0140. The van der Waals surface area contributed by atoms with Gasteiger partial charge in [0.05, 0.1) is 17.7 Å². The monoisotopic (exact) mass is 470 g/mol. The number of nitrogens with two attached hydrogens (primary N) is 1. The highest BCUT2D eigenvalue weighted by molar-refractivity contribution is 5.74. The number of likely N-dealkylation sites (tertiary alicyclic amines) is 1. The second-order valence-electron chi connectivity index (χ2n) is 9.85. The number of rotatable bonds is 11. The second kappa shape index (κ2) is 14.3. The average molecular weight is 471 g/mol. The molecule has 3 atom stereocenters. The summed E-state index contributed by atoms with van der Waals surface area (Å²) < 4.78 is 11.5. The van der Waals surface area contributed by atoms with Crippen molar-refractivity contribution in [2.75, 3.05) is 40.0 Å². The van der Waals surface area contributed by atoms with Crippen LogP contribution in [-0.4, -0.2) is 56.9 Å². The molecule has 1 saturated carbocycles. The summed E-state index contributed by atoms with van der Waals surface area (Å²) in [5.74, 6) is 0.847. The molecule has 7 heteroatoms. The maximum atomic E-state index is 13.2. The summed E-state index contributed by atoms with van der Waals surface area (Å²) in [5, 5.41) is 12.6. The fourth-order valence-electron chi connectivity index (χ4n) is 5.45. The van der Waals surface area contributed by atoms with Crippen LogP contribution in [0.5, 0.6) is 0 Å². The van der Waals surface area contributed by atoms with E-state index in [0.717, 1.165) is 37.8 Å². The van der Waals surface area contributed by atoms with Crippen molar-refractivity contribution in [3.63, 3.8) is 0 Å². The van der Waals surface area contributed by atoms with Gasteiger partial charge in [-0.3, -0.25) is 0 Å². The zero-order chi connectivity index (χ0) is 24.2. The molecule has 2 amide bonds. The van der Waals surface area contributed by atoms with Crippen LogP contribution in [0.15, 0.2) is 24.3 Å². The van der Waals surface area contributed by atoms with Crippen molar-refractivity contribution < 1.29 is 14.3 Å². The quantitative estimate of drug-likeness (QED) is 0.468. The van der Waals surface area contributed by atoms with E-state index in [0.29, 0.717) is 37.8 Å². The van der Waals surface area contributed by atoms with Crippen LogP contribution >= 0.6 is 0 Å². The lowest BCUT2D eigenvalue weighted by molar-refractivity contribution is -0.0168. The lowest BCUT2D eigenvalue weighted by Gasteiger charge is -2.38. The van der Waals surface area contributed by atoms with Gasteiger partial charge in [0, 0.05) is 51.9 Å². The Balaban J connectivity index is 1.63. The highest BCUT2D eigenvalue weighted by atomic mass is 16.5. The third kappa shape index (κ3) is 7.97. The molecule has 3 N–H and O–H groups in total. The number of benzene rings is 1. The van der Waals surface area contributed by atoms with Gasteiger partial charge in [-0.1, -0.05) is 44.2 Å². The summed E-state index contributed by atoms with van der Waals surface area (Å²) in [6.45, 7) is 3.09. The van der Waals surface area contributed by atoms with Crippen LogP contribution in [0.1, 0.15) is 75.0 Å². The van der Waals surface area contributed by atoms with E-state index < -0.39 is 0 Å². The smallest absolute Gasteiger partial charge is 0.317 e. The van der Waals surface area contributed by atoms with Crippen molar-refractivity contribution in [3.8, 4) is 6.07 Å². The number of amides is 2. The Hall–Kier alpha value is -2.14. The van der Waals surface area contributed by atoms with Crippen LogP contribution in [-0.2, 0) is 9.47 Å². The van der Waals surface area contributed by atoms with E-state index in [-0.39, 0.29) is 24.1 Å². The zero-order valence-electron chi connectivity index (χ0n) is 20.7. The number of urea groups is 1. The number of nitriles is 1. The normalized spacial score (nSPS) is 21.0. The molecule has 188 valence electrons. The largest absolute Gasteiger partial charge is 0.385 e.